The predicted octanol–water partition coefficient (Wildman–Crippen LogP) is 1.72. The van der Waals surface area contributed by atoms with Gasteiger partial charge in [0.15, 0.2) is 0 Å². The van der Waals surface area contributed by atoms with Crippen molar-refractivity contribution in [2.24, 2.45) is 11.1 Å². The number of methoxy groups -OCH3 is 1. The fourth-order valence-electron chi connectivity index (χ4n) is 2.19. The highest BCUT2D eigenvalue weighted by atomic mass is 16.5. The highest BCUT2D eigenvalue weighted by molar-refractivity contribution is 5.05. The smallest absolute Gasteiger partial charge is 0.0948 e. The Labute approximate surface area is 96.8 Å². The van der Waals surface area contributed by atoms with Gasteiger partial charge in [0, 0.05) is 32.5 Å². The lowest BCUT2D eigenvalue weighted by molar-refractivity contribution is 0.166. The van der Waals surface area contributed by atoms with Crippen molar-refractivity contribution in [3.63, 3.8) is 0 Å². The number of hydrogen-bond donors (Lipinski definition) is 1. The number of ether oxygens (including phenoxy) is 1. The zero-order valence-electron chi connectivity index (χ0n) is 10.1. The van der Waals surface area contributed by atoms with E-state index in [0.717, 1.165) is 25.3 Å². The Balaban J connectivity index is 2.00. The lowest BCUT2D eigenvalue weighted by Crippen LogP contribution is -2.18. The molecule has 0 spiro atoms. The maximum Gasteiger partial charge on any atom is 0.0948 e. The molecule has 16 heavy (non-hydrogen) atoms. The van der Waals surface area contributed by atoms with Crippen LogP contribution in [0.4, 0.5) is 0 Å². The van der Waals surface area contributed by atoms with Crippen LogP contribution in [0.5, 0.6) is 0 Å². The third kappa shape index (κ3) is 2.44. The first-order chi connectivity index (χ1) is 7.67. The molecule has 0 aromatic carbocycles. The standard InChI is InChI=1S/C12H21N3O/c1-10(13)11-7-14-9-15(11)8-12(3-4-12)5-6-16-2/h7,9-10H,3-6,8,13H2,1-2H3/t10-/m1/s1. The summed E-state index contributed by atoms with van der Waals surface area (Å²) in [5, 5.41) is 0. The molecule has 1 aliphatic carbocycles. The van der Waals surface area contributed by atoms with Crippen LogP contribution in [0.25, 0.3) is 0 Å². The molecule has 1 aliphatic rings. The van der Waals surface area contributed by atoms with E-state index in [4.69, 9.17) is 10.5 Å². The lowest BCUT2D eigenvalue weighted by Gasteiger charge is -2.18. The monoisotopic (exact) mass is 223 g/mol. The summed E-state index contributed by atoms with van der Waals surface area (Å²) >= 11 is 0. The fraction of sp³-hybridized carbons (Fsp3) is 0.750. The van der Waals surface area contributed by atoms with Crippen LogP contribution >= 0.6 is 0 Å². The van der Waals surface area contributed by atoms with Gasteiger partial charge in [-0.1, -0.05) is 0 Å². The summed E-state index contributed by atoms with van der Waals surface area (Å²) in [6, 6.07) is 0.0562. The molecule has 1 saturated carbocycles. The van der Waals surface area contributed by atoms with Crippen LogP contribution in [0.15, 0.2) is 12.5 Å². The van der Waals surface area contributed by atoms with E-state index in [1.807, 2.05) is 19.4 Å². The largest absolute Gasteiger partial charge is 0.385 e. The Kier molecular flexibility index (Phi) is 3.30. The lowest BCUT2D eigenvalue weighted by atomic mass is 10.0. The summed E-state index contributed by atoms with van der Waals surface area (Å²) in [5.41, 5.74) is 7.49. The molecule has 0 amide bonds. The molecular formula is C12H21N3O. The molecule has 90 valence electrons. The molecule has 4 heteroatoms. The molecule has 0 radical (unpaired) electrons. The highest BCUT2D eigenvalue weighted by Crippen LogP contribution is 2.50. The molecule has 0 saturated heterocycles. The van der Waals surface area contributed by atoms with Crippen LogP contribution in [-0.2, 0) is 11.3 Å². The van der Waals surface area contributed by atoms with Crippen LogP contribution in [0.3, 0.4) is 0 Å². The molecule has 2 N–H and O–H groups in total. The molecule has 1 aromatic rings. The van der Waals surface area contributed by atoms with Crippen molar-refractivity contribution >= 4 is 0 Å². The molecule has 2 rings (SSSR count). The third-order valence-corrected chi connectivity index (χ3v) is 3.51. The zero-order valence-corrected chi connectivity index (χ0v) is 10.1. The fourth-order valence-corrected chi connectivity index (χ4v) is 2.19. The number of aromatic nitrogens is 2. The van der Waals surface area contributed by atoms with Crippen LogP contribution in [0.1, 0.15) is 37.9 Å². The van der Waals surface area contributed by atoms with E-state index in [1.54, 1.807) is 7.11 Å². The van der Waals surface area contributed by atoms with Gasteiger partial charge in [0.1, 0.15) is 0 Å². The summed E-state index contributed by atoms with van der Waals surface area (Å²) in [6.45, 7) is 3.89. The minimum atomic E-state index is 0.0562. The highest BCUT2D eigenvalue weighted by Gasteiger charge is 2.42. The molecule has 1 aromatic heterocycles. The molecule has 1 fully saturated rings. The molecule has 4 nitrogen and oxygen atoms in total. The Morgan fingerprint density at radius 3 is 2.94 bits per heavy atom. The van der Waals surface area contributed by atoms with Gasteiger partial charge < -0.3 is 15.0 Å². The van der Waals surface area contributed by atoms with Crippen molar-refractivity contribution in [1.29, 1.82) is 0 Å². The van der Waals surface area contributed by atoms with Crippen molar-refractivity contribution in [3.05, 3.63) is 18.2 Å². The number of hydrogen-bond acceptors (Lipinski definition) is 3. The quantitative estimate of drug-likeness (QED) is 0.799. The second kappa shape index (κ2) is 4.55. The Bertz CT molecular complexity index is 342. The number of rotatable bonds is 6. The van der Waals surface area contributed by atoms with E-state index < -0.39 is 0 Å². The van der Waals surface area contributed by atoms with Crippen molar-refractivity contribution < 1.29 is 4.74 Å². The van der Waals surface area contributed by atoms with Crippen molar-refractivity contribution in [3.8, 4) is 0 Å². The van der Waals surface area contributed by atoms with Crippen LogP contribution in [-0.4, -0.2) is 23.3 Å². The Morgan fingerprint density at radius 1 is 1.62 bits per heavy atom. The first-order valence-corrected chi connectivity index (χ1v) is 5.91. The molecule has 0 aliphatic heterocycles. The van der Waals surface area contributed by atoms with Gasteiger partial charge in [0.2, 0.25) is 0 Å². The van der Waals surface area contributed by atoms with Gasteiger partial charge >= 0.3 is 0 Å². The van der Waals surface area contributed by atoms with Crippen molar-refractivity contribution in [2.45, 2.75) is 38.8 Å². The van der Waals surface area contributed by atoms with Gasteiger partial charge in [-0.15, -0.1) is 0 Å². The average Bonchev–Trinajstić information content (AvgIpc) is 2.84. The van der Waals surface area contributed by atoms with E-state index in [-0.39, 0.29) is 6.04 Å². The second-order valence-corrected chi connectivity index (χ2v) is 4.98. The van der Waals surface area contributed by atoms with Crippen LogP contribution in [0, 0.1) is 5.41 Å². The third-order valence-electron chi connectivity index (χ3n) is 3.51. The van der Waals surface area contributed by atoms with E-state index in [1.165, 1.54) is 12.8 Å². The van der Waals surface area contributed by atoms with Crippen molar-refractivity contribution in [2.75, 3.05) is 13.7 Å². The maximum absolute atomic E-state index is 5.91. The van der Waals surface area contributed by atoms with Gasteiger partial charge in [-0.25, -0.2) is 4.98 Å². The van der Waals surface area contributed by atoms with E-state index in [2.05, 4.69) is 9.55 Å². The minimum Gasteiger partial charge on any atom is -0.385 e. The van der Waals surface area contributed by atoms with Gasteiger partial charge in [-0.3, -0.25) is 0 Å². The summed E-state index contributed by atoms with van der Waals surface area (Å²) in [6.07, 6.45) is 7.50. The second-order valence-electron chi connectivity index (χ2n) is 4.98. The van der Waals surface area contributed by atoms with E-state index in [9.17, 15) is 0 Å². The molecule has 1 heterocycles. The normalized spacial score (nSPS) is 19.7. The van der Waals surface area contributed by atoms with Gasteiger partial charge in [0.05, 0.1) is 12.0 Å². The summed E-state index contributed by atoms with van der Waals surface area (Å²) in [5.74, 6) is 0. The number of nitrogens with zero attached hydrogens (tertiary/aromatic N) is 2. The molecule has 0 bridgehead atoms. The van der Waals surface area contributed by atoms with E-state index >= 15 is 0 Å². The van der Waals surface area contributed by atoms with Gasteiger partial charge in [-0.2, -0.15) is 0 Å². The Hall–Kier alpha value is -0.870. The first kappa shape index (κ1) is 11.6. The van der Waals surface area contributed by atoms with E-state index in [0.29, 0.717) is 5.41 Å². The predicted molar refractivity (Wildman–Crippen MR) is 63.0 cm³/mol. The van der Waals surface area contributed by atoms with Gasteiger partial charge in [-0.05, 0) is 31.6 Å². The summed E-state index contributed by atoms with van der Waals surface area (Å²) < 4.78 is 7.37. The molecular weight excluding hydrogens is 202 g/mol. The molecule has 1 atom stereocenters. The number of imidazole rings is 1. The molecule has 0 unspecified atom stereocenters. The maximum atomic E-state index is 5.91. The average molecular weight is 223 g/mol. The summed E-state index contributed by atoms with van der Waals surface area (Å²) in [4.78, 5) is 4.19. The Morgan fingerprint density at radius 2 is 2.38 bits per heavy atom. The summed E-state index contributed by atoms with van der Waals surface area (Å²) in [7, 11) is 1.76. The topological polar surface area (TPSA) is 53.1 Å². The number of nitrogens with two attached hydrogens (primary N) is 1. The zero-order chi connectivity index (χ0) is 11.6. The first-order valence-electron chi connectivity index (χ1n) is 5.91. The minimum absolute atomic E-state index is 0.0562. The van der Waals surface area contributed by atoms with Crippen LogP contribution < -0.4 is 5.73 Å². The van der Waals surface area contributed by atoms with Crippen LogP contribution in [0.2, 0.25) is 0 Å². The van der Waals surface area contributed by atoms with Gasteiger partial charge in [0.25, 0.3) is 0 Å². The van der Waals surface area contributed by atoms with Crippen molar-refractivity contribution in [1.82, 2.24) is 9.55 Å². The SMILES string of the molecule is COCCC1(Cn2cncc2[C@@H](C)N)CC1.